The molecule has 0 unspecified atom stereocenters. The average molecular weight is 310 g/mol. The van der Waals surface area contributed by atoms with Gasteiger partial charge in [0.25, 0.3) is 0 Å². The molecule has 122 valence electrons. The van der Waals surface area contributed by atoms with Crippen molar-refractivity contribution in [1.29, 1.82) is 0 Å². The van der Waals surface area contributed by atoms with E-state index in [1.54, 1.807) is 12.1 Å². The highest BCUT2D eigenvalue weighted by molar-refractivity contribution is 6.29. The highest BCUT2D eigenvalue weighted by Crippen LogP contribution is 2.07. The maximum Gasteiger partial charge on any atom is 0.449 e. The van der Waals surface area contributed by atoms with Gasteiger partial charge in [-0.2, -0.15) is 4.89 Å². The van der Waals surface area contributed by atoms with Crippen molar-refractivity contribution in [3.05, 3.63) is 30.3 Å². The second-order valence-electron chi connectivity index (χ2n) is 4.55. The Morgan fingerprint density at radius 3 is 2.41 bits per heavy atom. The molecule has 0 aliphatic rings. The van der Waals surface area contributed by atoms with Crippen molar-refractivity contribution in [2.24, 2.45) is 0 Å². The van der Waals surface area contributed by atoms with Crippen LogP contribution in [0.3, 0.4) is 0 Å². The third-order valence-corrected chi connectivity index (χ3v) is 2.71. The van der Waals surface area contributed by atoms with E-state index < -0.39 is 11.9 Å². The van der Waals surface area contributed by atoms with Gasteiger partial charge in [0.15, 0.2) is 0 Å². The van der Waals surface area contributed by atoms with Gasteiger partial charge in [-0.1, -0.05) is 44.4 Å². The summed E-state index contributed by atoms with van der Waals surface area (Å²) in [6.45, 7) is 2.48. The molecule has 0 N–H and O–H groups in total. The fourth-order valence-electron chi connectivity index (χ4n) is 1.59. The predicted octanol–water partition coefficient (Wildman–Crippen LogP) is 2.66. The molecule has 0 heterocycles. The molecular weight excluding hydrogens is 288 g/mol. The second kappa shape index (κ2) is 11.6. The van der Waals surface area contributed by atoms with Crippen LogP contribution in [0.1, 0.15) is 32.6 Å². The Kier molecular flexibility index (Phi) is 9.45. The maximum atomic E-state index is 11.3. The van der Waals surface area contributed by atoms with Crippen LogP contribution in [-0.4, -0.2) is 31.8 Å². The van der Waals surface area contributed by atoms with E-state index in [1.807, 2.05) is 18.2 Å². The van der Waals surface area contributed by atoms with Crippen molar-refractivity contribution in [3.8, 4) is 5.75 Å². The number of hydrogen-bond acceptors (Lipinski definition) is 6. The van der Waals surface area contributed by atoms with Crippen molar-refractivity contribution < 1.29 is 28.8 Å². The first-order valence-electron chi connectivity index (χ1n) is 7.42. The molecule has 0 aliphatic heterocycles. The Hall–Kier alpha value is -2.08. The fraction of sp³-hybridized carbons (Fsp3) is 0.500. The first-order valence-corrected chi connectivity index (χ1v) is 7.42. The standard InChI is InChI=1S/C16H22O6/c1-2-3-4-8-11-21-22-16(18)15(17)20-13-12-19-14-9-6-5-7-10-14/h5-7,9-10H,2-4,8,11-13H2,1H3. The van der Waals surface area contributed by atoms with E-state index in [9.17, 15) is 9.59 Å². The van der Waals surface area contributed by atoms with Gasteiger partial charge in [-0.3, -0.25) is 4.89 Å². The summed E-state index contributed by atoms with van der Waals surface area (Å²) in [6.07, 6.45) is 3.98. The molecule has 0 aliphatic carbocycles. The molecule has 1 rings (SSSR count). The summed E-state index contributed by atoms with van der Waals surface area (Å²) in [4.78, 5) is 31.5. The highest BCUT2D eigenvalue weighted by Gasteiger charge is 2.18. The summed E-state index contributed by atoms with van der Waals surface area (Å²) in [5.41, 5.74) is 0. The van der Waals surface area contributed by atoms with Gasteiger partial charge < -0.3 is 9.47 Å². The van der Waals surface area contributed by atoms with Crippen LogP contribution >= 0.6 is 0 Å². The topological polar surface area (TPSA) is 71.1 Å². The number of unbranched alkanes of at least 4 members (excludes halogenated alkanes) is 3. The van der Waals surface area contributed by atoms with E-state index in [4.69, 9.17) is 9.47 Å². The van der Waals surface area contributed by atoms with Crippen LogP contribution in [0.25, 0.3) is 0 Å². The summed E-state index contributed by atoms with van der Waals surface area (Å²) in [5, 5.41) is 0. The summed E-state index contributed by atoms with van der Waals surface area (Å²) in [6, 6.07) is 9.09. The number of carbonyl (C=O) groups excluding carboxylic acids is 2. The van der Waals surface area contributed by atoms with Gasteiger partial charge in [0, 0.05) is 0 Å². The smallest absolute Gasteiger partial charge is 0.449 e. The maximum absolute atomic E-state index is 11.3. The van der Waals surface area contributed by atoms with Crippen LogP contribution in [0.15, 0.2) is 30.3 Å². The number of ether oxygens (including phenoxy) is 2. The van der Waals surface area contributed by atoms with Crippen LogP contribution in [0.2, 0.25) is 0 Å². The lowest BCUT2D eigenvalue weighted by molar-refractivity contribution is -0.272. The van der Waals surface area contributed by atoms with Gasteiger partial charge in [-0.25, -0.2) is 9.59 Å². The van der Waals surface area contributed by atoms with E-state index in [0.717, 1.165) is 25.7 Å². The Morgan fingerprint density at radius 2 is 1.68 bits per heavy atom. The van der Waals surface area contributed by atoms with E-state index >= 15 is 0 Å². The fourth-order valence-corrected chi connectivity index (χ4v) is 1.59. The van der Waals surface area contributed by atoms with E-state index in [1.165, 1.54) is 0 Å². The van der Waals surface area contributed by atoms with Crippen LogP contribution in [0, 0.1) is 0 Å². The molecule has 0 fully saturated rings. The van der Waals surface area contributed by atoms with Crippen molar-refractivity contribution in [2.45, 2.75) is 32.6 Å². The summed E-state index contributed by atoms with van der Waals surface area (Å²) in [5.74, 6) is -1.59. The number of benzene rings is 1. The lowest BCUT2D eigenvalue weighted by Gasteiger charge is -2.06. The van der Waals surface area contributed by atoms with Gasteiger partial charge >= 0.3 is 11.9 Å². The molecule has 22 heavy (non-hydrogen) atoms. The van der Waals surface area contributed by atoms with Crippen molar-refractivity contribution in [2.75, 3.05) is 19.8 Å². The van der Waals surface area contributed by atoms with Gasteiger partial charge in [-0.15, -0.1) is 0 Å². The van der Waals surface area contributed by atoms with Gasteiger partial charge in [0.2, 0.25) is 0 Å². The lowest BCUT2D eigenvalue weighted by Crippen LogP contribution is -2.23. The second-order valence-corrected chi connectivity index (χ2v) is 4.55. The largest absolute Gasteiger partial charge is 0.490 e. The first-order chi connectivity index (χ1) is 10.7. The lowest BCUT2D eigenvalue weighted by atomic mass is 10.2. The molecule has 1 aromatic rings. The molecule has 0 saturated carbocycles. The van der Waals surface area contributed by atoms with Crippen LogP contribution < -0.4 is 4.74 Å². The number of esters is 1. The molecule has 0 aromatic heterocycles. The Morgan fingerprint density at radius 1 is 0.909 bits per heavy atom. The number of rotatable bonds is 10. The average Bonchev–Trinajstić information content (AvgIpc) is 2.55. The zero-order valence-corrected chi connectivity index (χ0v) is 12.8. The van der Waals surface area contributed by atoms with E-state index in [0.29, 0.717) is 5.75 Å². The van der Waals surface area contributed by atoms with Crippen molar-refractivity contribution in [1.82, 2.24) is 0 Å². The predicted molar refractivity (Wildman–Crippen MR) is 79.1 cm³/mol. The SMILES string of the molecule is CCCCCCOOC(=O)C(=O)OCCOc1ccccc1. The van der Waals surface area contributed by atoms with E-state index in [2.05, 4.69) is 16.7 Å². The molecule has 0 saturated heterocycles. The third-order valence-electron chi connectivity index (χ3n) is 2.71. The van der Waals surface area contributed by atoms with Crippen LogP contribution in [0.4, 0.5) is 0 Å². The number of carbonyl (C=O) groups is 2. The number of hydrogen-bond donors (Lipinski definition) is 0. The molecule has 0 bridgehead atoms. The molecule has 6 nitrogen and oxygen atoms in total. The zero-order valence-electron chi connectivity index (χ0n) is 12.8. The minimum absolute atomic E-state index is 0.0423. The molecule has 1 aromatic carbocycles. The summed E-state index contributed by atoms with van der Waals surface area (Å²) in [7, 11) is 0. The van der Waals surface area contributed by atoms with Crippen molar-refractivity contribution in [3.63, 3.8) is 0 Å². The molecule has 0 radical (unpaired) electrons. The Bertz CT molecular complexity index is 432. The molecule has 0 atom stereocenters. The highest BCUT2D eigenvalue weighted by atomic mass is 17.2. The van der Waals surface area contributed by atoms with Gasteiger partial charge in [0.1, 0.15) is 19.0 Å². The quantitative estimate of drug-likeness (QED) is 0.217. The van der Waals surface area contributed by atoms with Gasteiger partial charge in [0.05, 0.1) is 6.61 Å². The molecular formula is C16H22O6. The minimum atomic E-state index is -1.16. The number of para-hydroxylation sites is 1. The normalized spacial score (nSPS) is 10.0. The third kappa shape index (κ3) is 8.26. The Balaban J connectivity index is 2.03. The Labute approximate surface area is 130 Å². The molecule has 0 amide bonds. The molecule has 6 heteroatoms. The minimum Gasteiger partial charge on any atom is -0.490 e. The summed E-state index contributed by atoms with van der Waals surface area (Å²) < 4.78 is 10.0. The molecule has 0 spiro atoms. The van der Waals surface area contributed by atoms with Crippen LogP contribution in [-0.2, 0) is 24.1 Å². The van der Waals surface area contributed by atoms with E-state index in [-0.39, 0.29) is 19.8 Å². The van der Waals surface area contributed by atoms with Crippen LogP contribution in [0.5, 0.6) is 5.75 Å². The van der Waals surface area contributed by atoms with Gasteiger partial charge in [-0.05, 0) is 18.6 Å². The van der Waals surface area contributed by atoms with Crippen molar-refractivity contribution >= 4 is 11.9 Å². The summed E-state index contributed by atoms with van der Waals surface area (Å²) >= 11 is 0. The monoisotopic (exact) mass is 310 g/mol. The first kappa shape index (κ1) is 18.0. The zero-order chi connectivity index (χ0) is 16.0.